The topological polar surface area (TPSA) is 50.6 Å². The molecule has 6 heteroatoms. The second-order valence-electron chi connectivity index (χ2n) is 7.63. The molecule has 0 bridgehead atoms. The van der Waals surface area contributed by atoms with E-state index in [2.05, 4.69) is 28.6 Å². The van der Waals surface area contributed by atoms with E-state index >= 15 is 0 Å². The number of amides is 1. The van der Waals surface area contributed by atoms with Crippen LogP contribution in [0.5, 0.6) is 0 Å². The minimum atomic E-state index is 0.268. The van der Waals surface area contributed by atoms with Crippen LogP contribution < -0.4 is 0 Å². The van der Waals surface area contributed by atoms with E-state index in [1.165, 1.54) is 16.8 Å². The zero-order valence-corrected chi connectivity index (χ0v) is 16.8. The standard InChI is InChI=1S/C22H30N4O2/c1-2-26-21-10-15-28-17-19(21)20(23-26)16-24-11-13-25(14-12-24)22(27)9-8-18-6-4-3-5-7-18/h3-7H,2,8-17H2,1H3. The summed E-state index contributed by atoms with van der Waals surface area (Å²) in [7, 11) is 0. The maximum absolute atomic E-state index is 12.5. The predicted molar refractivity (Wildman–Crippen MR) is 108 cm³/mol. The van der Waals surface area contributed by atoms with Gasteiger partial charge in [0.2, 0.25) is 5.91 Å². The van der Waals surface area contributed by atoms with Crippen LogP contribution >= 0.6 is 0 Å². The normalized spacial score (nSPS) is 17.5. The number of carbonyl (C=O) groups is 1. The molecule has 2 aliphatic rings. The molecule has 6 nitrogen and oxygen atoms in total. The molecule has 1 saturated heterocycles. The highest BCUT2D eigenvalue weighted by atomic mass is 16.5. The molecule has 1 aromatic heterocycles. The number of nitrogens with zero attached hydrogens (tertiary/aromatic N) is 4. The number of carbonyl (C=O) groups excluding carboxylic acids is 1. The van der Waals surface area contributed by atoms with Gasteiger partial charge in [0.15, 0.2) is 0 Å². The molecule has 0 N–H and O–H groups in total. The van der Waals surface area contributed by atoms with Crippen LogP contribution in [-0.2, 0) is 42.1 Å². The van der Waals surface area contributed by atoms with Gasteiger partial charge in [0.25, 0.3) is 0 Å². The Balaban J connectivity index is 1.29. The number of hydrogen-bond donors (Lipinski definition) is 0. The zero-order valence-electron chi connectivity index (χ0n) is 16.8. The molecule has 0 spiro atoms. The maximum atomic E-state index is 12.5. The molecule has 1 aromatic carbocycles. The van der Waals surface area contributed by atoms with Crippen LogP contribution in [0.1, 0.15) is 35.9 Å². The average Bonchev–Trinajstić information content (AvgIpc) is 3.11. The highest BCUT2D eigenvalue weighted by Gasteiger charge is 2.25. The van der Waals surface area contributed by atoms with Crippen molar-refractivity contribution in [3.63, 3.8) is 0 Å². The van der Waals surface area contributed by atoms with Crippen molar-refractivity contribution < 1.29 is 9.53 Å². The van der Waals surface area contributed by atoms with E-state index in [1.54, 1.807) is 0 Å². The lowest BCUT2D eigenvalue weighted by molar-refractivity contribution is -0.133. The van der Waals surface area contributed by atoms with Crippen molar-refractivity contribution in [1.29, 1.82) is 0 Å². The molecule has 150 valence electrons. The van der Waals surface area contributed by atoms with E-state index in [9.17, 15) is 4.79 Å². The van der Waals surface area contributed by atoms with Gasteiger partial charge in [-0.1, -0.05) is 30.3 Å². The Bertz CT molecular complexity index is 794. The molecule has 3 heterocycles. The van der Waals surface area contributed by atoms with Gasteiger partial charge in [0.1, 0.15) is 0 Å². The fraction of sp³-hybridized carbons (Fsp3) is 0.545. The summed E-state index contributed by atoms with van der Waals surface area (Å²) in [5, 5.41) is 4.84. The van der Waals surface area contributed by atoms with Gasteiger partial charge in [-0.3, -0.25) is 14.4 Å². The van der Waals surface area contributed by atoms with E-state index < -0.39 is 0 Å². The van der Waals surface area contributed by atoms with Gasteiger partial charge in [-0.15, -0.1) is 0 Å². The van der Waals surface area contributed by atoms with E-state index in [0.29, 0.717) is 13.0 Å². The van der Waals surface area contributed by atoms with Crippen LogP contribution in [0, 0.1) is 0 Å². The van der Waals surface area contributed by atoms with Crippen molar-refractivity contribution >= 4 is 5.91 Å². The molecule has 2 aliphatic heterocycles. The molecule has 2 aromatic rings. The summed E-state index contributed by atoms with van der Waals surface area (Å²) >= 11 is 0. The Morgan fingerprint density at radius 2 is 1.93 bits per heavy atom. The molecular formula is C22H30N4O2. The first-order valence-electron chi connectivity index (χ1n) is 10.4. The minimum absolute atomic E-state index is 0.268. The Kier molecular flexibility index (Phi) is 6.07. The lowest BCUT2D eigenvalue weighted by Gasteiger charge is -2.34. The molecule has 0 atom stereocenters. The van der Waals surface area contributed by atoms with Crippen LogP contribution in [0.2, 0.25) is 0 Å². The number of fused-ring (bicyclic) bond motifs is 1. The second kappa shape index (κ2) is 8.88. The van der Waals surface area contributed by atoms with Crippen molar-refractivity contribution in [2.75, 3.05) is 32.8 Å². The SMILES string of the molecule is CCn1nc(CN2CCN(C(=O)CCc3ccccc3)CC2)c2c1CCOC2. The van der Waals surface area contributed by atoms with Gasteiger partial charge < -0.3 is 9.64 Å². The van der Waals surface area contributed by atoms with Gasteiger partial charge in [0.05, 0.1) is 18.9 Å². The van der Waals surface area contributed by atoms with Crippen molar-refractivity contribution in [3.05, 3.63) is 52.8 Å². The van der Waals surface area contributed by atoms with Gasteiger partial charge >= 0.3 is 0 Å². The van der Waals surface area contributed by atoms with Gasteiger partial charge in [-0.2, -0.15) is 5.10 Å². The summed E-state index contributed by atoms with van der Waals surface area (Å²) in [5.74, 6) is 0.268. The quantitative estimate of drug-likeness (QED) is 0.769. The summed E-state index contributed by atoms with van der Waals surface area (Å²) in [6.07, 6.45) is 2.37. The summed E-state index contributed by atoms with van der Waals surface area (Å²) in [6.45, 7) is 8.81. The summed E-state index contributed by atoms with van der Waals surface area (Å²) in [6, 6.07) is 10.2. The lowest BCUT2D eigenvalue weighted by atomic mass is 10.1. The number of benzene rings is 1. The molecule has 0 unspecified atom stereocenters. The molecule has 0 aliphatic carbocycles. The largest absolute Gasteiger partial charge is 0.376 e. The Morgan fingerprint density at radius 3 is 2.68 bits per heavy atom. The van der Waals surface area contributed by atoms with Crippen LogP contribution in [0.15, 0.2) is 30.3 Å². The Labute approximate surface area is 167 Å². The average molecular weight is 383 g/mol. The van der Waals surface area contributed by atoms with Crippen molar-refractivity contribution in [2.24, 2.45) is 0 Å². The molecule has 0 saturated carbocycles. The number of rotatable bonds is 6. The molecule has 1 amide bonds. The first-order chi connectivity index (χ1) is 13.7. The number of aromatic nitrogens is 2. The van der Waals surface area contributed by atoms with Crippen LogP contribution in [0.4, 0.5) is 0 Å². The van der Waals surface area contributed by atoms with Gasteiger partial charge in [-0.05, 0) is 18.9 Å². The Hall–Kier alpha value is -2.18. The fourth-order valence-electron chi connectivity index (χ4n) is 4.19. The van der Waals surface area contributed by atoms with E-state index in [1.807, 2.05) is 23.1 Å². The van der Waals surface area contributed by atoms with Crippen LogP contribution in [-0.4, -0.2) is 58.3 Å². The minimum Gasteiger partial charge on any atom is -0.376 e. The lowest BCUT2D eigenvalue weighted by Crippen LogP contribution is -2.48. The number of ether oxygens (including phenoxy) is 1. The van der Waals surface area contributed by atoms with Crippen molar-refractivity contribution in [1.82, 2.24) is 19.6 Å². The summed E-state index contributed by atoms with van der Waals surface area (Å²) in [5.41, 5.74) is 5.02. The Morgan fingerprint density at radius 1 is 1.14 bits per heavy atom. The van der Waals surface area contributed by atoms with E-state index in [0.717, 1.165) is 64.4 Å². The highest BCUT2D eigenvalue weighted by molar-refractivity contribution is 5.76. The molecule has 4 rings (SSSR count). The number of piperazine rings is 1. The maximum Gasteiger partial charge on any atom is 0.222 e. The first-order valence-corrected chi connectivity index (χ1v) is 10.4. The van der Waals surface area contributed by atoms with Crippen LogP contribution in [0.3, 0.4) is 0 Å². The molecular weight excluding hydrogens is 352 g/mol. The third-order valence-electron chi connectivity index (χ3n) is 5.85. The number of hydrogen-bond acceptors (Lipinski definition) is 4. The molecule has 0 radical (unpaired) electrons. The monoisotopic (exact) mass is 382 g/mol. The first kappa shape index (κ1) is 19.2. The van der Waals surface area contributed by atoms with E-state index in [4.69, 9.17) is 9.84 Å². The van der Waals surface area contributed by atoms with E-state index in [-0.39, 0.29) is 5.91 Å². The van der Waals surface area contributed by atoms with Crippen molar-refractivity contribution in [2.45, 2.75) is 45.9 Å². The van der Waals surface area contributed by atoms with Crippen molar-refractivity contribution in [3.8, 4) is 0 Å². The van der Waals surface area contributed by atoms with Gasteiger partial charge in [0, 0.05) is 63.4 Å². The number of aryl methyl sites for hydroxylation is 2. The third-order valence-corrected chi connectivity index (χ3v) is 5.85. The van der Waals surface area contributed by atoms with Gasteiger partial charge in [-0.25, -0.2) is 0 Å². The fourth-order valence-corrected chi connectivity index (χ4v) is 4.19. The summed E-state index contributed by atoms with van der Waals surface area (Å²) < 4.78 is 7.81. The smallest absolute Gasteiger partial charge is 0.222 e. The molecule has 28 heavy (non-hydrogen) atoms. The third kappa shape index (κ3) is 4.28. The molecule has 1 fully saturated rings. The second-order valence-corrected chi connectivity index (χ2v) is 7.63. The highest BCUT2D eigenvalue weighted by Crippen LogP contribution is 2.22. The predicted octanol–water partition coefficient (Wildman–Crippen LogP) is 2.25. The van der Waals surface area contributed by atoms with Crippen LogP contribution in [0.25, 0.3) is 0 Å². The summed E-state index contributed by atoms with van der Waals surface area (Å²) in [4.78, 5) is 17.0. The zero-order chi connectivity index (χ0) is 19.3.